The van der Waals surface area contributed by atoms with Crippen LogP contribution in [-0.2, 0) is 9.59 Å². The smallest absolute Gasteiger partial charge is 0.313 e. The molecule has 1 aromatic heterocycles. The maximum atomic E-state index is 11.7. The minimum Gasteiger partial charge on any atom is -0.396 e. The lowest BCUT2D eigenvalue weighted by molar-refractivity contribution is -0.136. The Balaban J connectivity index is 1.98. The molecule has 6 heteroatoms. The van der Waals surface area contributed by atoms with Gasteiger partial charge in [-0.25, -0.2) is 0 Å². The van der Waals surface area contributed by atoms with Crippen molar-refractivity contribution in [3.63, 3.8) is 0 Å². The molecule has 0 atom stereocenters. The molecule has 1 heterocycles. The molecule has 0 aliphatic heterocycles. The highest BCUT2D eigenvalue weighted by molar-refractivity contribution is 7.13. The SMILES string of the molecule is O=C(NCCCO)C(=O)Nc1cccc(-c2cccs2)c1. The second kappa shape index (κ2) is 7.56. The van der Waals surface area contributed by atoms with Crippen LogP contribution in [0.15, 0.2) is 41.8 Å². The first-order chi connectivity index (χ1) is 10.2. The molecule has 0 radical (unpaired) electrons. The van der Waals surface area contributed by atoms with Crippen LogP contribution in [-0.4, -0.2) is 30.1 Å². The molecule has 0 aliphatic rings. The maximum Gasteiger partial charge on any atom is 0.313 e. The second-order valence-corrected chi connectivity index (χ2v) is 5.29. The van der Waals surface area contributed by atoms with Crippen LogP contribution in [0.5, 0.6) is 0 Å². The van der Waals surface area contributed by atoms with Gasteiger partial charge in [0.25, 0.3) is 0 Å². The first-order valence-corrected chi connectivity index (χ1v) is 7.42. The van der Waals surface area contributed by atoms with E-state index in [4.69, 9.17) is 5.11 Å². The molecule has 0 saturated heterocycles. The largest absolute Gasteiger partial charge is 0.396 e. The van der Waals surface area contributed by atoms with Crippen LogP contribution in [0.25, 0.3) is 10.4 Å². The zero-order chi connectivity index (χ0) is 15.1. The summed E-state index contributed by atoms with van der Waals surface area (Å²) in [5.74, 6) is -1.42. The fraction of sp³-hybridized carbons (Fsp3) is 0.200. The van der Waals surface area contributed by atoms with Gasteiger partial charge in [-0.2, -0.15) is 0 Å². The lowest BCUT2D eigenvalue weighted by Gasteiger charge is -2.07. The summed E-state index contributed by atoms with van der Waals surface area (Å²) in [6.45, 7) is 0.253. The van der Waals surface area contributed by atoms with Gasteiger partial charge in [0.2, 0.25) is 0 Å². The Hall–Kier alpha value is -2.18. The van der Waals surface area contributed by atoms with Gasteiger partial charge < -0.3 is 15.7 Å². The highest BCUT2D eigenvalue weighted by Crippen LogP contribution is 2.26. The van der Waals surface area contributed by atoms with E-state index in [0.29, 0.717) is 12.1 Å². The van der Waals surface area contributed by atoms with Crippen molar-refractivity contribution >= 4 is 28.8 Å². The molecule has 0 unspecified atom stereocenters. The molecule has 0 saturated carbocycles. The number of carbonyl (C=O) groups is 2. The second-order valence-electron chi connectivity index (χ2n) is 4.35. The molecule has 5 nitrogen and oxygen atoms in total. The topological polar surface area (TPSA) is 78.4 Å². The number of hydrogen-bond donors (Lipinski definition) is 3. The standard InChI is InChI=1S/C15H16N2O3S/c18-8-3-7-16-14(19)15(20)17-12-5-1-4-11(10-12)13-6-2-9-21-13/h1-2,4-6,9-10,18H,3,7-8H2,(H,16,19)(H,17,20). The Morgan fingerprint density at radius 2 is 2.00 bits per heavy atom. The van der Waals surface area contributed by atoms with Crippen molar-refractivity contribution in [1.82, 2.24) is 5.32 Å². The van der Waals surface area contributed by atoms with Crippen molar-refractivity contribution in [3.05, 3.63) is 41.8 Å². The monoisotopic (exact) mass is 304 g/mol. The molecule has 1 aromatic carbocycles. The van der Waals surface area contributed by atoms with Gasteiger partial charge in [-0.3, -0.25) is 9.59 Å². The summed E-state index contributed by atoms with van der Waals surface area (Å²) in [4.78, 5) is 24.4. The number of benzene rings is 1. The number of aliphatic hydroxyl groups is 1. The number of nitrogens with one attached hydrogen (secondary N) is 2. The predicted octanol–water partition coefficient (Wildman–Crippen LogP) is 1.85. The predicted molar refractivity (Wildman–Crippen MR) is 83.1 cm³/mol. The van der Waals surface area contributed by atoms with Crippen LogP contribution in [0.4, 0.5) is 5.69 Å². The Labute approximate surface area is 126 Å². The fourth-order valence-electron chi connectivity index (χ4n) is 1.74. The molecule has 0 fully saturated rings. The molecule has 110 valence electrons. The van der Waals surface area contributed by atoms with Crippen molar-refractivity contribution in [3.8, 4) is 10.4 Å². The van der Waals surface area contributed by atoms with Gasteiger partial charge in [0.15, 0.2) is 0 Å². The van der Waals surface area contributed by atoms with Gasteiger partial charge in [-0.15, -0.1) is 11.3 Å². The normalized spacial score (nSPS) is 10.1. The van der Waals surface area contributed by atoms with Crippen molar-refractivity contribution in [2.75, 3.05) is 18.5 Å². The van der Waals surface area contributed by atoms with Crippen molar-refractivity contribution in [2.45, 2.75) is 6.42 Å². The van der Waals surface area contributed by atoms with E-state index in [1.807, 2.05) is 35.7 Å². The van der Waals surface area contributed by atoms with E-state index >= 15 is 0 Å². The molecular formula is C15H16N2O3S. The summed E-state index contributed by atoms with van der Waals surface area (Å²) in [6.07, 6.45) is 0.423. The number of carbonyl (C=O) groups excluding carboxylic acids is 2. The quantitative estimate of drug-likeness (QED) is 0.583. The summed E-state index contributed by atoms with van der Waals surface area (Å²) < 4.78 is 0. The van der Waals surface area contributed by atoms with Crippen LogP contribution in [0.2, 0.25) is 0 Å². The molecule has 0 spiro atoms. The number of hydrogen-bond acceptors (Lipinski definition) is 4. The molecule has 2 rings (SSSR count). The van der Waals surface area contributed by atoms with E-state index in [1.165, 1.54) is 0 Å². The Morgan fingerprint density at radius 1 is 1.14 bits per heavy atom. The van der Waals surface area contributed by atoms with E-state index in [2.05, 4.69) is 10.6 Å². The number of thiophene rings is 1. The highest BCUT2D eigenvalue weighted by Gasteiger charge is 2.13. The van der Waals surface area contributed by atoms with Gasteiger partial charge in [-0.05, 0) is 35.6 Å². The van der Waals surface area contributed by atoms with Crippen molar-refractivity contribution < 1.29 is 14.7 Å². The number of rotatable bonds is 5. The summed E-state index contributed by atoms with van der Waals surface area (Å²) in [5, 5.41) is 15.6. The molecule has 21 heavy (non-hydrogen) atoms. The van der Waals surface area contributed by atoms with E-state index in [0.717, 1.165) is 10.4 Å². The van der Waals surface area contributed by atoms with Gasteiger partial charge >= 0.3 is 11.8 Å². The van der Waals surface area contributed by atoms with E-state index < -0.39 is 11.8 Å². The summed E-state index contributed by atoms with van der Waals surface area (Å²) >= 11 is 1.61. The average Bonchev–Trinajstić information content (AvgIpc) is 3.02. The van der Waals surface area contributed by atoms with E-state index in [-0.39, 0.29) is 13.2 Å². The van der Waals surface area contributed by atoms with E-state index in [9.17, 15) is 9.59 Å². The summed E-state index contributed by atoms with van der Waals surface area (Å²) in [7, 11) is 0. The fourth-order valence-corrected chi connectivity index (χ4v) is 2.47. The number of anilines is 1. The van der Waals surface area contributed by atoms with Crippen molar-refractivity contribution in [2.24, 2.45) is 0 Å². The zero-order valence-corrected chi connectivity index (χ0v) is 12.2. The first kappa shape index (κ1) is 15.2. The van der Waals surface area contributed by atoms with Gasteiger partial charge in [0.05, 0.1) is 0 Å². The van der Waals surface area contributed by atoms with Crippen LogP contribution < -0.4 is 10.6 Å². The van der Waals surface area contributed by atoms with Crippen LogP contribution in [0, 0.1) is 0 Å². The Kier molecular flexibility index (Phi) is 5.48. The van der Waals surface area contributed by atoms with Crippen LogP contribution >= 0.6 is 11.3 Å². The lowest BCUT2D eigenvalue weighted by Crippen LogP contribution is -2.36. The average molecular weight is 304 g/mol. The maximum absolute atomic E-state index is 11.7. The first-order valence-electron chi connectivity index (χ1n) is 6.54. The number of amides is 2. The van der Waals surface area contributed by atoms with E-state index in [1.54, 1.807) is 17.4 Å². The molecule has 0 aliphatic carbocycles. The Morgan fingerprint density at radius 3 is 2.71 bits per heavy atom. The lowest BCUT2D eigenvalue weighted by atomic mass is 10.1. The molecule has 3 N–H and O–H groups in total. The molecule has 0 bridgehead atoms. The third-order valence-corrected chi connectivity index (χ3v) is 3.67. The van der Waals surface area contributed by atoms with Gasteiger partial charge in [0.1, 0.15) is 0 Å². The summed E-state index contributed by atoms with van der Waals surface area (Å²) in [5.41, 5.74) is 1.56. The molecule has 2 aromatic rings. The van der Waals surface area contributed by atoms with Gasteiger partial charge in [-0.1, -0.05) is 18.2 Å². The van der Waals surface area contributed by atoms with Gasteiger partial charge in [0, 0.05) is 23.7 Å². The minimum atomic E-state index is -0.712. The highest BCUT2D eigenvalue weighted by atomic mass is 32.1. The van der Waals surface area contributed by atoms with Crippen molar-refractivity contribution in [1.29, 1.82) is 0 Å². The molecular weight excluding hydrogens is 288 g/mol. The third kappa shape index (κ3) is 4.40. The van der Waals surface area contributed by atoms with Crippen LogP contribution in [0.1, 0.15) is 6.42 Å². The third-order valence-electron chi connectivity index (χ3n) is 2.75. The number of aliphatic hydroxyl groups excluding tert-OH is 1. The van der Waals surface area contributed by atoms with Crippen LogP contribution in [0.3, 0.4) is 0 Å². The Bertz CT molecular complexity index is 611. The summed E-state index contributed by atoms with van der Waals surface area (Å²) in [6, 6.07) is 11.3. The zero-order valence-electron chi connectivity index (χ0n) is 11.3. The molecule has 2 amide bonds. The minimum absolute atomic E-state index is 0.0231.